The van der Waals surface area contributed by atoms with E-state index in [1.807, 2.05) is 43.4 Å². The van der Waals surface area contributed by atoms with Crippen molar-refractivity contribution in [3.63, 3.8) is 0 Å². The van der Waals surface area contributed by atoms with Gasteiger partial charge in [0.15, 0.2) is 0 Å². The van der Waals surface area contributed by atoms with Crippen LogP contribution in [0, 0.1) is 0 Å². The summed E-state index contributed by atoms with van der Waals surface area (Å²) < 4.78 is 5.77. The van der Waals surface area contributed by atoms with E-state index in [0.717, 1.165) is 17.0 Å². The first-order valence-electron chi connectivity index (χ1n) is 5.76. The third-order valence-corrected chi connectivity index (χ3v) is 2.89. The summed E-state index contributed by atoms with van der Waals surface area (Å²) in [7, 11) is 1.88. The van der Waals surface area contributed by atoms with E-state index in [1.54, 1.807) is 6.20 Å². The lowest BCUT2D eigenvalue weighted by atomic mass is 10.2. The first-order valence-corrected chi connectivity index (χ1v) is 6.13. The zero-order valence-corrected chi connectivity index (χ0v) is 10.9. The molecule has 2 rings (SSSR count). The minimum Gasteiger partial charge on any atom is -0.487 e. The highest BCUT2D eigenvalue weighted by Gasteiger charge is 2.07. The van der Waals surface area contributed by atoms with Crippen LogP contribution in [0.1, 0.15) is 11.3 Å². The molecule has 1 aromatic heterocycles. The number of pyridine rings is 1. The molecule has 1 aromatic carbocycles. The van der Waals surface area contributed by atoms with Gasteiger partial charge in [-0.15, -0.1) is 0 Å². The average Bonchev–Trinajstić information content (AvgIpc) is 2.41. The molecule has 0 unspecified atom stereocenters. The molecular weight excluding hydrogens is 248 g/mol. The fraction of sp³-hybridized carbons (Fsp3) is 0.214. The zero-order valence-electron chi connectivity index (χ0n) is 10.2. The minimum absolute atomic E-state index is 0.442. The van der Waals surface area contributed by atoms with E-state index in [9.17, 15) is 0 Å². The van der Waals surface area contributed by atoms with Gasteiger partial charge in [0.25, 0.3) is 0 Å². The molecule has 0 amide bonds. The normalized spacial score (nSPS) is 10.3. The summed E-state index contributed by atoms with van der Waals surface area (Å²) in [5.74, 6) is 0.794. The predicted octanol–water partition coefficient (Wildman–Crippen LogP) is 3.03. The molecular formula is C14H15ClN2O. The van der Waals surface area contributed by atoms with E-state index in [0.29, 0.717) is 18.2 Å². The van der Waals surface area contributed by atoms with Crippen molar-refractivity contribution in [2.75, 3.05) is 7.05 Å². The molecule has 3 nitrogen and oxygen atoms in total. The van der Waals surface area contributed by atoms with Gasteiger partial charge in [0.2, 0.25) is 0 Å². The highest BCUT2D eigenvalue weighted by molar-refractivity contribution is 6.31. The Hall–Kier alpha value is -1.58. The van der Waals surface area contributed by atoms with Crippen LogP contribution in [0.15, 0.2) is 42.6 Å². The Labute approximate surface area is 112 Å². The molecule has 0 fully saturated rings. The second-order valence-corrected chi connectivity index (χ2v) is 4.26. The van der Waals surface area contributed by atoms with Crippen molar-refractivity contribution >= 4 is 11.6 Å². The topological polar surface area (TPSA) is 34.1 Å². The SMILES string of the molecule is CNCc1c(Cl)cccc1OCc1ccccn1. The molecule has 0 atom stereocenters. The molecule has 0 aliphatic rings. The second kappa shape index (κ2) is 6.38. The summed E-state index contributed by atoms with van der Waals surface area (Å²) in [6, 6.07) is 11.4. The molecule has 0 bridgehead atoms. The third kappa shape index (κ3) is 3.22. The monoisotopic (exact) mass is 262 g/mol. The maximum Gasteiger partial charge on any atom is 0.130 e. The quantitative estimate of drug-likeness (QED) is 0.899. The average molecular weight is 263 g/mol. The highest BCUT2D eigenvalue weighted by atomic mass is 35.5. The molecule has 0 spiro atoms. The largest absolute Gasteiger partial charge is 0.487 e. The number of rotatable bonds is 5. The maximum atomic E-state index is 6.15. The van der Waals surface area contributed by atoms with Gasteiger partial charge in [-0.2, -0.15) is 0 Å². The van der Waals surface area contributed by atoms with Crippen LogP contribution in [0.5, 0.6) is 5.75 Å². The van der Waals surface area contributed by atoms with Crippen LogP contribution in [0.3, 0.4) is 0 Å². The van der Waals surface area contributed by atoms with Gasteiger partial charge in [0.1, 0.15) is 12.4 Å². The fourth-order valence-corrected chi connectivity index (χ4v) is 1.89. The van der Waals surface area contributed by atoms with Crippen LogP contribution in [-0.2, 0) is 13.2 Å². The van der Waals surface area contributed by atoms with Crippen LogP contribution in [0.4, 0.5) is 0 Å². The van der Waals surface area contributed by atoms with Gasteiger partial charge >= 0.3 is 0 Å². The molecule has 0 saturated carbocycles. The van der Waals surface area contributed by atoms with Crippen LogP contribution in [0.2, 0.25) is 5.02 Å². The Morgan fingerprint density at radius 1 is 1.22 bits per heavy atom. The number of nitrogens with one attached hydrogen (secondary N) is 1. The van der Waals surface area contributed by atoms with E-state index < -0.39 is 0 Å². The van der Waals surface area contributed by atoms with Gasteiger partial charge in [0, 0.05) is 23.3 Å². The molecule has 94 valence electrons. The van der Waals surface area contributed by atoms with Crippen molar-refractivity contribution in [3.8, 4) is 5.75 Å². The Kier molecular flexibility index (Phi) is 4.56. The Balaban J connectivity index is 2.11. The molecule has 18 heavy (non-hydrogen) atoms. The van der Waals surface area contributed by atoms with E-state index in [2.05, 4.69) is 10.3 Å². The smallest absolute Gasteiger partial charge is 0.130 e. The molecule has 1 heterocycles. The van der Waals surface area contributed by atoms with E-state index >= 15 is 0 Å². The van der Waals surface area contributed by atoms with Crippen molar-refractivity contribution in [2.24, 2.45) is 0 Å². The van der Waals surface area contributed by atoms with Gasteiger partial charge in [0.05, 0.1) is 5.69 Å². The van der Waals surface area contributed by atoms with Crippen molar-refractivity contribution in [2.45, 2.75) is 13.2 Å². The molecule has 0 saturated heterocycles. The number of hydrogen-bond acceptors (Lipinski definition) is 3. The highest BCUT2D eigenvalue weighted by Crippen LogP contribution is 2.26. The van der Waals surface area contributed by atoms with Gasteiger partial charge in [-0.3, -0.25) is 4.98 Å². The van der Waals surface area contributed by atoms with Gasteiger partial charge in [-0.25, -0.2) is 0 Å². The summed E-state index contributed by atoms with van der Waals surface area (Å²) in [5, 5.41) is 3.79. The maximum absolute atomic E-state index is 6.15. The number of aromatic nitrogens is 1. The van der Waals surface area contributed by atoms with E-state index in [-0.39, 0.29) is 0 Å². The van der Waals surface area contributed by atoms with Gasteiger partial charge in [-0.05, 0) is 31.3 Å². The van der Waals surface area contributed by atoms with Crippen LogP contribution in [-0.4, -0.2) is 12.0 Å². The van der Waals surface area contributed by atoms with Crippen molar-refractivity contribution in [3.05, 3.63) is 58.9 Å². The molecule has 2 aromatic rings. The Bertz CT molecular complexity index is 502. The van der Waals surface area contributed by atoms with Gasteiger partial charge < -0.3 is 10.1 Å². The second-order valence-electron chi connectivity index (χ2n) is 3.86. The number of halogens is 1. The van der Waals surface area contributed by atoms with Crippen LogP contribution >= 0.6 is 11.6 Å². The van der Waals surface area contributed by atoms with Crippen molar-refractivity contribution in [1.82, 2.24) is 10.3 Å². The predicted molar refractivity (Wildman–Crippen MR) is 72.8 cm³/mol. The summed E-state index contributed by atoms with van der Waals surface area (Å²) in [6.07, 6.45) is 1.76. The van der Waals surface area contributed by atoms with Crippen LogP contribution in [0.25, 0.3) is 0 Å². The molecule has 0 radical (unpaired) electrons. The van der Waals surface area contributed by atoms with Gasteiger partial charge in [-0.1, -0.05) is 23.7 Å². The van der Waals surface area contributed by atoms with Crippen LogP contribution < -0.4 is 10.1 Å². The first kappa shape index (κ1) is 12.9. The molecule has 0 aliphatic heterocycles. The minimum atomic E-state index is 0.442. The van der Waals surface area contributed by atoms with E-state index in [4.69, 9.17) is 16.3 Å². The number of hydrogen-bond donors (Lipinski definition) is 1. The number of ether oxygens (including phenoxy) is 1. The Morgan fingerprint density at radius 2 is 2.11 bits per heavy atom. The zero-order chi connectivity index (χ0) is 12.8. The summed E-state index contributed by atoms with van der Waals surface area (Å²) >= 11 is 6.15. The molecule has 0 aliphatic carbocycles. The summed E-state index contributed by atoms with van der Waals surface area (Å²) in [4.78, 5) is 4.22. The standard InChI is InChI=1S/C14H15ClN2O/c1-16-9-12-13(15)6-4-7-14(12)18-10-11-5-2-3-8-17-11/h2-8,16H,9-10H2,1H3. The third-order valence-electron chi connectivity index (χ3n) is 2.53. The molecule has 1 N–H and O–H groups in total. The van der Waals surface area contributed by atoms with Crippen molar-refractivity contribution in [1.29, 1.82) is 0 Å². The summed E-state index contributed by atoms with van der Waals surface area (Å²) in [5.41, 5.74) is 1.87. The van der Waals surface area contributed by atoms with E-state index in [1.165, 1.54) is 0 Å². The number of benzene rings is 1. The Morgan fingerprint density at radius 3 is 2.83 bits per heavy atom. The number of nitrogens with zero attached hydrogens (tertiary/aromatic N) is 1. The first-order chi connectivity index (χ1) is 8.81. The lowest BCUT2D eigenvalue weighted by Gasteiger charge is -2.12. The van der Waals surface area contributed by atoms with Crippen molar-refractivity contribution < 1.29 is 4.74 Å². The molecule has 4 heteroatoms. The lowest BCUT2D eigenvalue weighted by molar-refractivity contribution is 0.297. The lowest BCUT2D eigenvalue weighted by Crippen LogP contribution is -2.08. The fourth-order valence-electron chi connectivity index (χ4n) is 1.66. The summed E-state index contributed by atoms with van der Waals surface area (Å²) in [6.45, 7) is 1.12.